The molecule has 1 atom stereocenters. The summed E-state index contributed by atoms with van der Waals surface area (Å²) in [4.78, 5) is 15.0. The normalized spacial score (nSPS) is 17.2. The van der Waals surface area contributed by atoms with E-state index < -0.39 is 8.32 Å². The first-order chi connectivity index (χ1) is 23.7. The summed E-state index contributed by atoms with van der Waals surface area (Å²) in [5, 5.41) is 11.9. The summed E-state index contributed by atoms with van der Waals surface area (Å²) in [6.07, 6.45) is 5.40. The predicted octanol–water partition coefficient (Wildman–Crippen LogP) is 8.32. The van der Waals surface area contributed by atoms with E-state index in [1.165, 1.54) is 52.2 Å². The third kappa shape index (κ3) is 7.59. The lowest BCUT2D eigenvalue weighted by molar-refractivity contribution is 0.116. The van der Waals surface area contributed by atoms with Crippen molar-refractivity contribution in [2.75, 3.05) is 44.8 Å². The molecule has 1 aliphatic heterocycles. The van der Waals surface area contributed by atoms with Crippen LogP contribution in [0.25, 0.3) is 32.7 Å². The molecule has 0 radical (unpaired) electrons. The van der Waals surface area contributed by atoms with Crippen LogP contribution in [0.15, 0.2) is 30.5 Å². The number of hydrogen-bond donors (Lipinski definition) is 1. The van der Waals surface area contributed by atoms with Crippen molar-refractivity contribution in [1.29, 1.82) is 0 Å². The van der Waals surface area contributed by atoms with Gasteiger partial charge in [-0.3, -0.25) is 9.88 Å². The topological polar surface area (TPSA) is 88.8 Å². The first-order valence-corrected chi connectivity index (χ1v) is 22.1. The van der Waals surface area contributed by atoms with Crippen LogP contribution in [0.5, 0.6) is 0 Å². The number of nitrogens with zero attached hydrogens (tertiary/aromatic N) is 6. The molecule has 0 bridgehead atoms. The summed E-state index contributed by atoms with van der Waals surface area (Å²) < 4.78 is 19.7. The molecule has 3 aromatic heterocycles. The Hall–Kier alpha value is -2.67. The SMILES string of the molecule is CCn1c(-c2cc(N3CCN(C4CC4)CC3)cnc2[C@H](C)OC)c(CC(C)(C)CO[Si](C)(C)C(C)(C)C)c2cc(-c3nc(CO)ns3)ccc21. The van der Waals surface area contributed by atoms with Crippen molar-refractivity contribution in [2.45, 2.75) is 111 Å². The Labute approximate surface area is 304 Å². The van der Waals surface area contributed by atoms with Gasteiger partial charge in [-0.2, -0.15) is 4.37 Å². The van der Waals surface area contributed by atoms with Crippen molar-refractivity contribution in [3.05, 3.63) is 47.5 Å². The molecule has 50 heavy (non-hydrogen) atoms. The number of piperazine rings is 1. The fraction of sp³-hybridized carbons (Fsp3) is 0.615. The van der Waals surface area contributed by atoms with E-state index in [1.54, 1.807) is 7.11 Å². The second kappa shape index (κ2) is 14.4. The first kappa shape index (κ1) is 37.1. The molecule has 1 saturated heterocycles. The highest BCUT2D eigenvalue weighted by Crippen LogP contribution is 2.44. The molecule has 2 fully saturated rings. The van der Waals surface area contributed by atoms with E-state index in [9.17, 15) is 5.11 Å². The molecule has 4 heterocycles. The van der Waals surface area contributed by atoms with Crippen LogP contribution < -0.4 is 4.90 Å². The average Bonchev–Trinajstić information content (AvgIpc) is 3.76. The van der Waals surface area contributed by atoms with Crippen LogP contribution in [-0.2, 0) is 28.7 Å². The minimum atomic E-state index is -1.96. The van der Waals surface area contributed by atoms with Gasteiger partial charge in [0.1, 0.15) is 11.6 Å². The van der Waals surface area contributed by atoms with Gasteiger partial charge in [0.15, 0.2) is 14.1 Å². The van der Waals surface area contributed by atoms with Gasteiger partial charge in [-0.15, -0.1) is 0 Å². The van der Waals surface area contributed by atoms with Crippen molar-refractivity contribution in [3.63, 3.8) is 0 Å². The second-order valence-corrected chi connectivity index (χ2v) is 22.2. The molecule has 11 heteroatoms. The molecule has 0 unspecified atom stereocenters. The molecule has 1 N–H and O–H groups in total. The van der Waals surface area contributed by atoms with E-state index >= 15 is 0 Å². The monoisotopic (exact) mass is 718 g/mol. The van der Waals surface area contributed by atoms with Gasteiger partial charge in [0.05, 0.1) is 29.4 Å². The molecule has 1 saturated carbocycles. The molecule has 1 aromatic carbocycles. The maximum absolute atomic E-state index is 9.69. The number of aromatic nitrogens is 4. The van der Waals surface area contributed by atoms with Crippen LogP contribution in [-0.4, -0.2) is 83.2 Å². The number of rotatable bonds is 13. The van der Waals surface area contributed by atoms with Crippen molar-refractivity contribution < 1.29 is 14.3 Å². The zero-order valence-corrected chi connectivity index (χ0v) is 33.8. The highest BCUT2D eigenvalue weighted by Gasteiger charge is 2.39. The smallest absolute Gasteiger partial charge is 0.192 e. The van der Waals surface area contributed by atoms with Crippen LogP contribution in [0.1, 0.15) is 84.5 Å². The largest absolute Gasteiger partial charge is 0.416 e. The minimum Gasteiger partial charge on any atom is -0.416 e. The van der Waals surface area contributed by atoms with E-state index in [2.05, 4.69) is 116 Å². The number of hydrogen-bond acceptors (Lipinski definition) is 9. The molecule has 4 aromatic rings. The Morgan fingerprint density at radius 1 is 1.06 bits per heavy atom. The molecule has 0 spiro atoms. The zero-order valence-electron chi connectivity index (χ0n) is 32.0. The minimum absolute atomic E-state index is 0.137. The Bertz CT molecular complexity index is 1800. The van der Waals surface area contributed by atoms with E-state index in [1.807, 2.05) is 0 Å². The standard InChI is InChI=1S/C39H58N6O3SSi/c1-11-45-33-15-12-27(37-41-34(24-46)42-49-37)20-30(33)32(22-39(6,7)25-48-50(9,10)38(3,4)5)36(45)31-21-29(23-40-35(31)26(2)47-8)44-18-16-43(17-19-44)28-13-14-28/h12,15,20-21,23,26,28,46H,11,13-14,16-19,22,24-25H2,1-10H3/t26-/m0/s1. The summed E-state index contributed by atoms with van der Waals surface area (Å²) >= 11 is 1.34. The zero-order chi connectivity index (χ0) is 36.0. The summed E-state index contributed by atoms with van der Waals surface area (Å²) in [5.74, 6) is 0.458. The summed E-state index contributed by atoms with van der Waals surface area (Å²) in [5.41, 5.74) is 7.82. The predicted molar refractivity (Wildman–Crippen MR) is 209 cm³/mol. The number of pyridine rings is 1. The van der Waals surface area contributed by atoms with Gasteiger partial charge in [-0.05, 0) is 98.0 Å². The molecular weight excluding hydrogens is 661 g/mol. The first-order valence-electron chi connectivity index (χ1n) is 18.4. The van der Waals surface area contributed by atoms with E-state index in [-0.39, 0.29) is 23.2 Å². The lowest BCUT2D eigenvalue weighted by atomic mass is 9.84. The van der Waals surface area contributed by atoms with Gasteiger partial charge in [0, 0.05) is 74.5 Å². The van der Waals surface area contributed by atoms with Gasteiger partial charge < -0.3 is 23.7 Å². The Morgan fingerprint density at radius 3 is 2.38 bits per heavy atom. The highest BCUT2D eigenvalue weighted by atomic mass is 32.1. The van der Waals surface area contributed by atoms with Gasteiger partial charge in [0.25, 0.3) is 0 Å². The fourth-order valence-corrected chi connectivity index (χ4v) is 8.83. The Balaban J connectivity index is 1.50. The number of benzene rings is 1. The summed E-state index contributed by atoms with van der Waals surface area (Å²) in [7, 11) is -0.186. The van der Waals surface area contributed by atoms with Crippen LogP contribution in [0.4, 0.5) is 5.69 Å². The van der Waals surface area contributed by atoms with Crippen molar-refractivity contribution in [1.82, 2.24) is 23.8 Å². The summed E-state index contributed by atoms with van der Waals surface area (Å²) in [6.45, 7) is 26.2. The maximum Gasteiger partial charge on any atom is 0.192 e. The second-order valence-electron chi connectivity index (χ2n) is 16.6. The summed E-state index contributed by atoms with van der Waals surface area (Å²) in [6, 6.07) is 9.83. The number of aliphatic hydroxyl groups excluding tert-OH is 1. The Morgan fingerprint density at radius 2 is 1.78 bits per heavy atom. The molecule has 2 aliphatic rings. The lowest BCUT2D eigenvalue weighted by Crippen LogP contribution is -2.47. The number of fused-ring (bicyclic) bond motifs is 1. The molecular formula is C39H58N6O3SSi. The van der Waals surface area contributed by atoms with Crippen molar-refractivity contribution in [2.24, 2.45) is 5.41 Å². The molecule has 0 amide bonds. The number of aryl methyl sites for hydroxylation is 1. The number of methoxy groups -OCH3 is 1. The number of ether oxygens (including phenoxy) is 1. The van der Waals surface area contributed by atoms with Gasteiger partial charge in [0.2, 0.25) is 0 Å². The van der Waals surface area contributed by atoms with Crippen LogP contribution in [0.2, 0.25) is 18.1 Å². The van der Waals surface area contributed by atoms with Crippen LogP contribution >= 0.6 is 11.5 Å². The van der Waals surface area contributed by atoms with Crippen molar-refractivity contribution >= 4 is 36.4 Å². The molecule has 6 rings (SSSR count). The maximum atomic E-state index is 9.69. The van der Waals surface area contributed by atoms with E-state index in [0.29, 0.717) is 12.4 Å². The van der Waals surface area contributed by atoms with Crippen molar-refractivity contribution in [3.8, 4) is 21.8 Å². The van der Waals surface area contributed by atoms with Crippen LogP contribution in [0, 0.1) is 5.41 Å². The molecule has 9 nitrogen and oxygen atoms in total. The van der Waals surface area contributed by atoms with Gasteiger partial charge >= 0.3 is 0 Å². The fourth-order valence-electron chi connectivity index (χ4n) is 6.98. The van der Waals surface area contributed by atoms with Gasteiger partial charge in [-0.1, -0.05) is 34.6 Å². The molecule has 272 valence electrons. The average molecular weight is 719 g/mol. The molecule has 1 aliphatic carbocycles. The third-order valence-corrected chi connectivity index (χ3v) is 16.5. The third-order valence-electron chi connectivity index (χ3n) is 11.3. The Kier molecular flexibility index (Phi) is 10.7. The van der Waals surface area contributed by atoms with E-state index in [0.717, 1.165) is 67.0 Å². The van der Waals surface area contributed by atoms with Gasteiger partial charge in [-0.25, -0.2) is 4.98 Å². The lowest BCUT2D eigenvalue weighted by Gasteiger charge is -2.39. The van der Waals surface area contributed by atoms with Crippen LogP contribution in [0.3, 0.4) is 0 Å². The number of aliphatic hydroxyl groups is 1. The quantitative estimate of drug-likeness (QED) is 0.138. The van der Waals surface area contributed by atoms with E-state index in [4.69, 9.17) is 14.1 Å². The number of anilines is 1. The highest BCUT2D eigenvalue weighted by molar-refractivity contribution is 7.09.